The van der Waals surface area contributed by atoms with Gasteiger partial charge in [0.2, 0.25) is 23.5 Å². The summed E-state index contributed by atoms with van der Waals surface area (Å²) in [5.74, 6) is 9.77. The number of amides is 1. The van der Waals surface area contributed by atoms with Crippen LogP contribution in [-0.2, 0) is 76.3 Å². The predicted octanol–water partition coefficient (Wildman–Crippen LogP) is 10.7. The van der Waals surface area contributed by atoms with Crippen molar-refractivity contribution in [3.63, 3.8) is 0 Å². The summed E-state index contributed by atoms with van der Waals surface area (Å²) >= 11 is 0. The fourth-order valence-electron chi connectivity index (χ4n) is 15.8. The number of nitrogens with zero attached hydrogens (tertiary/aromatic N) is 15. The molecule has 0 spiro atoms. The molecule has 7 atom stereocenters. The maximum Gasteiger partial charge on any atom is 0.274 e. The molecule has 17 heterocycles. The smallest absolute Gasteiger partial charge is 0.274 e. The lowest BCUT2D eigenvalue weighted by Gasteiger charge is -2.24. The van der Waals surface area contributed by atoms with Crippen LogP contribution in [0.2, 0.25) is 0 Å². The van der Waals surface area contributed by atoms with Gasteiger partial charge >= 0.3 is 0 Å². The maximum absolute atomic E-state index is 12.3. The van der Waals surface area contributed by atoms with Crippen LogP contribution < -0.4 is 40.2 Å². The van der Waals surface area contributed by atoms with Gasteiger partial charge in [-0.05, 0) is 169 Å². The lowest BCUT2D eigenvalue weighted by Crippen LogP contribution is -2.33. The molecular formula is C82H85N19O10S. The Morgan fingerprint density at radius 3 is 1.53 bits per heavy atom. The summed E-state index contributed by atoms with van der Waals surface area (Å²) in [5.41, 5.74) is 14.0. The molecule has 574 valence electrons. The van der Waals surface area contributed by atoms with E-state index in [0.717, 1.165) is 163 Å². The van der Waals surface area contributed by atoms with Crippen LogP contribution in [0.5, 0.6) is 23.5 Å². The lowest BCUT2D eigenvalue weighted by atomic mass is 9.98. The molecule has 9 aliphatic rings. The zero-order valence-corrected chi connectivity index (χ0v) is 63.3. The number of pyridine rings is 4. The number of aryl methyl sites for hydroxylation is 4. The maximum atomic E-state index is 12.3. The van der Waals surface area contributed by atoms with Crippen molar-refractivity contribution >= 4 is 105 Å². The van der Waals surface area contributed by atoms with Crippen LogP contribution in [0.3, 0.4) is 0 Å². The minimum Gasteiger partial charge on any atom is -0.473 e. The molecule has 9 aliphatic heterocycles. The number of carbonyl (C=O) groups excluding carboxylic acids is 1. The SMILES string of the molecule is C=S1(=O)CCC(Oc2nn(C)c3cc(NC(=O)c4ccccn4)ccc23)CC1.Cn1nc(OC2CC3CCC2O3)c2ccc(NC3=NCc4cccnc43)cc21.Cn1nc(OC2CC3CCC2O3)c2ccc(NC3=NCc4ncccc43)cc21.Cn1nc(OCC2COCCO2)c2ccc(NC3=NCc4ncccc43)cc21. The Labute approximate surface area is 645 Å². The van der Waals surface area contributed by atoms with E-state index >= 15 is 0 Å². The first-order valence-electron chi connectivity index (χ1n) is 38.0. The van der Waals surface area contributed by atoms with Gasteiger partial charge in [-0.1, -0.05) is 12.1 Å². The second-order valence-corrected chi connectivity index (χ2v) is 32.0. The molecule has 30 heteroatoms. The molecule has 0 aliphatic carbocycles. The van der Waals surface area contributed by atoms with Gasteiger partial charge in [-0.3, -0.25) is 62.6 Å². The first-order valence-corrected chi connectivity index (χ1v) is 40.1. The van der Waals surface area contributed by atoms with Crippen molar-refractivity contribution in [2.75, 3.05) is 59.2 Å². The summed E-state index contributed by atoms with van der Waals surface area (Å²) in [5, 5.41) is 35.2. The van der Waals surface area contributed by atoms with Crippen LogP contribution in [0.4, 0.5) is 22.7 Å². The van der Waals surface area contributed by atoms with E-state index in [0.29, 0.717) is 105 Å². The number of hydrogen-bond donors (Lipinski definition) is 4. The number of hydrogen-bond acceptors (Lipinski definition) is 24. The van der Waals surface area contributed by atoms with E-state index in [4.69, 9.17) is 37.9 Å². The van der Waals surface area contributed by atoms with Crippen molar-refractivity contribution in [2.24, 2.45) is 43.2 Å². The standard InChI is InChI=1S/2C21H21N5O2.C20H21N5O3.C20H22N4O3S/c1-26-17-9-12(24-20-14-3-2-8-22-16(14)11-23-20)4-6-15(17)21(25-26)28-19-10-13-5-7-18(19)27-13;1-26-16-9-13(24-20-19-12(11-23-20)3-2-8-22-19)4-6-15(16)21(25-26)28-18-10-14-5-7-17(18)27-14;1-25-18-9-13(23-19-15-3-2-6-21-17(15)10-22-19)4-5-16(18)20(24-25)28-12-14-11-26-7-8-27-14;1-24-18-13-14(22-19(25)17-5-3-4-10-21-17)6-7-16(18)20(23-24)27-15-8-11-28(2,26)12-9-15/h2-4,6,8-9,13,18-19H,5,7,10-11H2,1H3,(H,23,24);2-4,6,8-9,14,17-18H,5,7,10-11H2,1H3,(H,23,24);2-6,9,14H,7-8,10-12H2,1H3,(H,22,23);3-7,10,13,15H,2,8-9,11-12H2,1H3,(H,22,25). The van der Waals surface area contributed by atoms with E-state index in [9.17, 15) is 9.00 Å². The first kappa shape index (κ1) is 71.9. The number of amidine groups is 3. The summed E-state index contributed by atoms with van der Waals surface area (Å²) in [6.07, 6.45) is 16.2. The van der Waals surface area contributed by atoms with Gasteiger partial charge in [-0.2, -0.15) is 0 Å². The van der Waals surface area contributed by atoms with Gasteiger partial charge in [0.15, 0.2) is 5.84 Å². The summed E-state index contributed by atoms with van der Waals surface area (Å²) < 4.78 is 66.7. The number of carbonyl (C=O) groups is 1. The molecule has 4 aromatic carbocycles. The van der Waals surface area contributed by atoms with Crippen LogP contribution in [0.25, 0.3) is 43.6 Å². The molecule has 6 saturated heterocycles. The van der Waals surface area contributed by atoms with Crippen molar-refractivity contribution in [2.45, 2.75) is 120 Å². The van der Waals surface area contributed by atoms with Crippen molar-refractivity contribution in [3.8, 4) is 23.5 Å². The first-order chi connectivity index (χ1) is 54.7. The Kier molecular flexibility index (Phi) is 19.8. The Balaban J connectivity index is 0.000000104. The third-order valence-electron chi connectivity index (χ3n) is 21.6. The number of rotatable bonds is 14. The van der Waals surface area contributed by atoms with E-state index in [-0.39, 0.29) is 42.5 Å². The highest BCUT2D eigenvalue weighted by molar-refractivity contribution is 8.00. The van der Waals surface area contributed by atoms with E-state index in [1.165, 1.54) is 0 Å². The molecule has 0 radical (unpaired) electrons. The number of nitrogens with one attached hydrogen (secondary N) is 4. The predicted molar refractivity (Wildman–Crippen MR) is 428 cm³/mol. The minimum absolute atomic E-state index is 0.00189. The molecule has 0 saturated carbocycles. The largest absolute Gasteiger partial charge is 0.473 e. The second kappa shape index (κ2) is 30.9. The Morgan fingerprint density at radius 1 is 0.518 bits per heavy atom. The fourth-order valence-corrected chi connectivity index (χ4v) is 17.4. The third kappa shape index (κ3) is 15.2. The molecule has 12 aromatic rings. The van der Waals surface area contributed by atoms with Gasteiger partial charge in [-0.15, -0.1) is 20.4 Å². The number of aromatic nitrogens is 12. The fraction of sp³-hybridized carbons (Fsp3) is 0.354. The molecule has 21 rings (SSSR count). The van der Waals surface area contributed by atoms with Gasteiger partial charge in [0.1, 0.15) is 54.1 Å². The van der Waals surface area contributed by atoms with E-state index in [1.807, 2.05) is 127 Å². The molecule has 4 bridgehead atoms. The Bertz CT molecular complexity index is 5590. The molecule has 6 fully saturated rings. The van der Waals surface area contributed by atoms with Gasteiger partial charge in [0.05, 0.1) is 119 Å². The highest BCUT2D eigenvalue weighted by Crippen LogP contribution is 2.41. The molecule has 112 heavy (non-hydrogen) atoms. The number of benzene rings is 4. The highest BCUT2D eigenvalue weighted by atomic mass is 32.2. The molecule has 1 amide bonds. The van der Waals surface area contributed by atoms with Crippen LogP contribution in [0.1, 0.15) is 95.6 Å². The molecule has 29 nitrogen and oxygen atoms in total. The number of ether oxygens (including phenoxy) is 8. The number of fused-ring (bicyclic) bond motifs is 11. The normalized spacial score (nSPS) is 22.8. The second-order valence-electron chi connectivity index (χ2n) is 29.3. The van der Waals surface area contributed by atoms with E-state index < -0.39 is 9.52 Å². The van der Waals surface area contributed by atoms with Gasteiger partial charge in [0.25, 0.3) is 5.91 Å². The van der Waals surface area contributed by atoms with Gasteiger partial charge < -0.3 is 59.2 Å². The van der Waals surface area contributed by atoms with Crippen molar-refractivity contribution < 1.29 is 46.9 Å². The summed E-state index contributed by atoms with van der Waals surface area (Å²) in [7, 11) is 5.70. The van der Waals surface area contributed by atoms with E-state index in [2.05, 4.69) is 113 Å². The zero-order chi connectivity index (χ0) is 76.0. The van der Waals surface area contributed by atoms with Crippen LogP contribution in [-0.4, -0.2) is 179 Å². The monoisotopic (exact) mass is 1530 g/mol. The van der Waals surface area contributed by atoms with Crippen molar-refractivity contribution in [1.29, 1.82) is 0 Å². The average molecular weight is 1530 g/mol. The Hall–Kier alpha value is -11.7. The molecular weight excluding hydrogens is 1440 g/mol. The highest BCUT2D eigenvalue weighted by Gasteiger charge is 2.44. The van der Waals surface area contributed by atoms with Gasteiger partial charge in [0, 0.05) is 117 Å². The Morgan fingerprint density at radius 2 is 1.01 bits per heavy atom. The third-order valence-corrected chi connectivity index (χ3v) is 23.6. The molecule has 7 unspecified atom stereocenters. The summed E-state index contributed by atoms with van der Waals surface area (Å²) in [6, 6.07) is 41.2. The lowest BCUT2D eigenvalue weighted by molar-refractivity contribution is -0.101. The van der Waals surface area contributed by atoms with Crippen LogP contribution in [0, 0.1) is 0 Å². The van der Waals surface area contributed by atoms with Crippen molar-refractivity contribution in [3.05, 3.63) is 192 Å². The van der Waals surface area contributed by atoms with Crippen LogP contribution >= 0.6 is 0 Å². The van der Waals surface area contributed by atoms with E-state index in [1.54, 1.807) is 41.5 Å². The number of aliphatic imine (C=N–C) groups is 3. The van der Waals surface area contributed by atoms with Crippen LogP contribution in [0.15, 0.2) is 167 Å². The molecule has 8 aromatic heterocycles. The van der Waals surface area contributed by atoms with Gasteiger partial charge in [-0.25, -0.2) is 0 Å². The summed E-state index contributed by atoms with van der Waals surface area (Å²) in [6.45, 7) is 4.12. The van der Waals surface area contributed by atoms with Crippen molar-refractivity contribution in [1.82, 2.24) is 59.1 Å². The summed E-state index contributed by atoms with van der Waals surface area (Å²) in [4.78, 5) is 43.3. The number of anilines is 4. The molecule has 4 N–H and O–H groups in total. The zero-order valence-electron chi connectivity index (χ0n) is 62.5. The minimum atomic E-state index is -1.94. The topological polar surface area (TPSA) is 316 Å². The quantitative estimate of drug-likeness (QED) is 0.0735. The average Bonchev–Trinajstić information content (AvgIpc) is 1.66.